The molecule has 0 saturated heterocycles. The number of hydrogen-bond donors (Lipinski definition) is 1. The van der Waals surface area contributed by atoms with Gasteiger partial charge in [0.2, 0.25) is 5.91 Å². The van der Waals surface area contributed by atoms with Crippen molar-refractivity contribution in [2.75, 3.05) is 5.32 Å². The lowest BCUT2D eigenvalue weighted by Crippen LogP contribution is -2.14. The van der Waals surface area contributed by atoms with Gasteiger partial charge in [-0.15, -0.1) is 0 Å². The largest absolute Gasteiger partial charge is 0.324 e. The predicted molar refractivity (Wildman–Crippen MR) is 73.0 cm³/mol. The van der Waals surface area contributed by atoms with Gasteiger partial charge >= 0.3 is 0 Å². The first-order valence-corrected chi connectivity index (χ1v) is 6.05. The van der Waals surface area contributed by atoms with E-state index in [9.17, 15) is 4.79 Å². The summed E-state index contributed by atoms with van der Waals surface area (Å²) < 4.78 is 0. The number of anilines is 1. The number of pyridine rings is 1. The van der Waals surface area contributed by atoms with Gasteiger partial charge in [0.1, 0.15) is 5.15 Å². The van der Waals surface area contributed by atoms with Crippen LogP contribution in [0.5, 0.6) is 0 Å². The Balaban J connectivity index is 1.96. The Hall–Kier alpha value is -1.58. The number of aromatic nitrogens is 1. The minimum atomic E-state index is -0.110. The summed E-state index contributed by atoms with van der Waals surface area (Å²) in [5.74, 6) is -0.110. The number of benzene rings is 1. The Kier molecular flexibility index (Phi) is 4.18. The molecule has 0 aliphatic heterocycles. The fourth-order valence-corrected chi connectivity index (χ4v) is 1.68. The number of halogens is 2. The van der Waals surface area contributed by atoms with Gasteiger partial charge in [-0.1, -0.05) is 35.3 Å². The topological polar surface area (TPSA) is 42.0 Å². The molecule has 0 saturated carbocycles. The van der Waals surface area contributed by atoms with Crippen LogP contribution in [0.25, 0.3) is 0 Å². The number of carbonyl (C=O) groups is 1. The van der Waals surface area contributed by atoms with E-state index < -0.39 is 0 Å². The van der Waals surface area contributed by atoms with Crippen molar-refractivity contribution in [3.05, 3.63) is 58.3 Å². The van der Waals surface area contributed by atoms with Crippen molar-refractivity contribution in [2.45, 2.75) is 6.42 Å². The highest BCUT2D eigenvalue weighted by molar-refractivity contribution is 6.30. The molecule has 1 amide bonds. The normalized spacial score (nSPS) is 10.1. The maximum absolute atomic E-state index is 11.7. The Labute approximate surface area is 115 Å². The lowest BCUT2D eigenvalue weighted by atomic mass is 10.1. The van der Waals surface area contributed by atoms with Crippen LogP contribution in [0.4, 0.5) is 5.69 Å². The van der Waals surface area contributed by atoms with E-state index in [1.165, 1.54) is 6.20 Å². The standard InChI is InChI=1S/C13H10Cl2N2O/c14-10-3-1-9(2-4-10)7-13(18)17-11-5-6-12(15)16-8-11/h1-6,8H,7H2,(H,17,18). The zero-order valence-corrected chi connectivity index (χ0v) is 10.9. The number of nitrogens with one attached hydrogen (secondary N) is 1. The monoisotopic (exact) mass is 280 g/mol. The molecule has 2 rings (SSSR count). The quantitative estimate of drug-likeness (QED) is 0.874. The van der Waals surface area contributed by atoms with Crippen LogP contribution >= 0.6 is 23.2 Å². The van der Waals surface area contributed by atoms with Crippen LogP contribution in [0.15, 0.2) is 42.6 Å². The molecule has 2 aromatic rings. The van der Waals surface area contributed by atoms with Crippen molar-refractivity contribution < 1.29 is 4.79 Å². The van der Waals surface area contributed by atoms with Crippen molar-refractivity contribution in [3.63, 3.8) is 0 Å². The van der Waals surface area contributed by atoms with E-state index >= 15 is 0 Å². The van der Waals surface area contributed by atoms with Crippen LogP contribution in [-0.2, 0) is 11.2 Å². The van der Waals surface area contributed by atoms with Crippen molar-refractivity contribution in [3.8, 4) is 0 Å². The van der Waals surface area contributed by atoms with Crippen LogP contribution in [-0.4, -0.2) is 10.9 Å². The second-order valence-electron chi connectivity index (χ2n) is 3.72. The van der Waals surface area contributed by atoms with Gasteiger partial charge in [-0.3, -0.25) is 4.79 Å². The summed E-state index contributed by atoms with van der Waals surface area (Å²) in [6.07, 6.45) is 1.81. The number of rotatable bonds is 3. The van der Waals surface area contributed by atoms with Crippen LogP contribution in [0.2, 0.25) is 10.2 Å². The third-order valence-electron chi connectivity index (χ3n) is 2.29. The van der Waals surface area contributed by atoms with Crippen LogP contribution < -0.4 is 5.32 Å². The molecule has 0 aliphatic carbocycles. The third kappa shape index (κ3) is 3.72. The smallest absolute Gasteiger partial charge is 0.228 e. The molecule has 5 heteroatoms. The molecule has 92 valence electrons. The maximum Gasteiger partial charge on any atom is 0.228 e. The van der Waals surface area contributed by atoms with E-state index in [0.717, 1.165) is 5.56 Å². The first-order chi connectivity index (χ1) is 8.63. The summed E-state index contributed by atoms with van der Waals surface area (Å²) in [5, 5.41) is 3.79. The van der Waals surface area contributed by atoms with E-state index in [1.807, 2.05) is 12.1 Å². The Morgan fingerprint density at radius 2 is 1.83 bits per heavy atom. The first-order valence-electron chi connectivity index (χ1n) is 5.29. The Morgan fingerprint density at radius 3 is 2.44 bits per heavy atom. The molecule has 0 bridgehead atoms. The fraction of sp³-hybridized carbons (Fsp3) is 0.0769. The van der Waals surface area contributed by atoms with Gasteiger partial charge < -0.3 is 5.32 Å². The van der Waals surface area contributed by atoms with Crippen LogP contribution in [0.3, 0.4) is 0 Å². The number of nitrogens with zero attached hydrogens (tertiary/aromatic N) is 1. The van der Waals surface area contributed by atoms with E-state index in [2.05, 4.69) is 10.3 Å². The molecule has 1 aromatic carbocycles. The summed E-state index contributed by atoms with van der Waals surface area (Å²) in [6.45, 7) is 0. The number of hydrogen-bond acceptors (Lipinski definition) is 2. The molecule has 0 aliphatic rings. The van der Waals surface area contributed by atoms with E-state index in [0.29, 0.717) is 22.3 Å². The minimum absolute atomic E-state index is 0.110. The highest BCUT2D eigenvalue weighted by Gasteiger charge is 2.04. The zero-order valence-electron chi connectivity index (χ0n) is 9.36. The van der Waals surface area contributed by atoms with Gasteiger partial charge in [0.25, 0.3) is 0 Å². The van der Waals surface area contributed by atoms with E-state index in [4.69, 9.17) is 23.2 Å². The van der Waals surface area contributed by atoms with Gasteiger partial charge in [-0.25, -0.2) is 4.98 Å². The fourth-order valence-electron chi connectivity index (χ4n) is 1.44. The van der Waals surface area contributed by atoms with Gasteiger partial charge in [-0.2, -0.15) is 0 Å². The van der Waals surface area contributed by atoms with Gasteiger partial charge in [0.15, 0.2) is 0 Å². The van der Waals surface area contributed by atoms with Gasteiger partial charge in [-0.05, 0) is 29.8 Å². The molecule has 0 atom stereocenters. The summed E-state index contributed by atoms with van der Waals surface area (Å²) in [4.78, 5) is 15.6. The average Bonchev–Trinajstić information content (AvgIpc) is 2.35. The number of carbonyl (C=O) groups excluding carboxylic acids is 1. The van der Waals surface area contributed by atoms with Crippen molar-refractivity contribution in [2.24, 2.45) is 0 Å². The predicted octanol–water partition coefficient (Wildman–Crippen LogP) is 3.57. The third-order valence-corrected chi connectivity index (χ3v) is 2.76. The summed E-state index contributed by atoms with van der Waals surface area (Å²) in [7, 11) is 0. The molecule has 0 fully saturated rings. The SMILES string of the molecule is O=C(Cc1ccc(Cl)cc1)Nc1ccc(Cl)nc1. The summed E-state index contributed by atoms with van der Waals surface area (Å²) in [5.41, 5.74) is 1.53. The molecule has 0 radical (unpaired) electrons. The molecule has 1 N–H and O–H groups in total. The summed E-state index contributed by atoms with van der Waals surface area (Å²) in [6, 6.07) is 10.5. The molecule has 0 spiro atoms. The van der Waals surface area contributed by atoms with Gasteiger partial charge in [0.05, 0.1) is 18.3 Å². The minimum Gasteiger partial charge on any atom is -0.324 e. The highest BCUT2D eigenvalue weighted by atomic mass is 35.5. The Morgan fingerprint density at radius 1 is 1.11 bits per heavy atom. The second-order valence-corrected chi connectivity index (χ2v) is 4.54. The highest BCUT2D eigenvalue weighted by Crippen LogP contribution is 2.12. The van der Waals surface area contributed by atoms with Gasteiger partial charge in [0, 0.05) is 5.02 Å². The lowest BCUT2D eigenvalue weighted by Gasteiger charge is -2.05. The molecular formula is C13H10Cl2N2O. The molecule has 3 nitrogen and oxygen atoms in total. The van der Waals surface area contributed by atoms with E-state index in [-0.39, 0.29) is 5.91 Å². The van der Waals surface area contributed by atoms with Crippen molar-refractivity contribution in [1.29, 1.82) is 0 Å². The summed E-state index contributed by atoms with van der Waals surface area (Å²) >= 11 is 11.4. The number of amides is 1. The second kappa shape index (κ2) is 5.85. The van der Waals surface area contributed by atoms with Crippen LogP contribution in [0.1, 0.15) is 5.56 Å². The molecule has 1 aromatic heterocycles. The molecular weight excluding hydrogens is 271 g/mol. The maximum atomic E-state index is 11.7. The van der Waals surface area contributed by atoms with Crippen molar-refractivity contribution >= 4 is 34.8 Å². The van der Waals surface area contributed by atoms with Crippen molar-refractivity contribution in [1.82, 2.24) is 4.98 Å². The zero-order chi connectivity index (χ0) is 13.0. The molecule has 18 heavy (non-hydrogen) atoms. The Bertz CT molecular complexity index is 488. The van der Waals surface area contributed by atoms with Crippen LogP contribution in [0, 0.1) is 0 Å². The first kappa shape index (κ1) is 12.9. The molecule has 0 unspecified atom stereocenters. The average molecular weight is 281 g/mol. The van der Waals surface area contributed by atoms with E-state index in [1.54, 1.807) is 24.3 Å². The molecule has 1 heterocycles. The lowest BCUT2D eigenvalue weighted by molar-refractivity contribution is -0.115.